The largest absolute Gasteiger partial charge is 0.465 e. The van der Waals surface area contributed by atoms with Gasteiger partial charge in [-0.1, -0.05) is 29.3 Å². The van der Waals surface area contributed by atoms with Gasteiger partial charge in [-0.2, -0.15) is 0 Å². The molecule has 1 aliphatic heterocycles. The molecule has 3 heterocycles. The number of halogens is 2. The Bertz CT molecular complexity index is 1390. The number of carbonyl (C=O) groups is 4. The lowest BCUT2D eigenvalue weighted by Gasteiger charge is -2.34. The van der Waals surface area contributed by atoms with E-state index in [2.05, 4.69) is 5.32 Å². The Balaban J connectivity index is 1.39. The van der Waals surface area contributed by atoms with Gasteiger partial charge in [-0.25, -0.2) is 9.59 Å². The lowest BCUT2D eigenvalue weighted by atomic mass is 10.1. The van der Waals surface area contributed by atoms with E-state index in [0.717, 1.165) is 21.4 Å². The number of hydrogen-bond acceptors (Lipinski definition) is 9. The fraction of sp³-hybridized carbons (Fsp3) is 0.333. The van der Waals surface area contributed by atoms with Crippen LogP contribution in [0.25, 0.3) is 10.1 Å². The van der Waals surface area contributed by atoms with Crippen LogP contribution in [0.3, 0.4) is 0 Å². The van der Waals surface area contributed by atoms with Crippen LogP contribution in [0.4, 0.5) is 5.00 Å². The second-order valence-electron chi connectivity index (χ2n) is 8.25. The second kappa shape index (κ2) is 11.4. The lowest BCUT2D eigenvalue weighted by Crippen LogP contribution is -2.50. The zero-order valence-corrected chi connectivity index (χ0v) is 23.3. The number of carbonyl (C=O) groups excluding carboxylic acids is 4. The molecule has 9 nitrogen and oxygen atoms in total. The molecule has 0 unspecified atom stereocenters. The summed E-state index contributed by atoms with van der Waals surface area (Å²) in [7, 11) is 2.47. The molecule has 2 aromatic heterocycles. The lowest BCUT2D eigenvalue weighted by molar-refractivity contribution is -0.117. The zero-order chi connectivity index (χ0) is 26.9. The van der Waals surface area contributed by atoms with Gasteiger partial charge in [-0.3, -0.25) is 14.5 Å². The van der Waals surface area contributed by atoms with E-state index in [1.807, 2.05) is 4.90 Å². The molecule has 1 aromatic carbocycles. The molecule has 4 rings (SSSR count). The van der Waals surface area contributed by atoms with Crippen molar-refractivity contribution < 1.29 is 28.7 Å². The fourth-order valence-electron chi connectivity index (χ4n) is 4.04. The molecule has 196 valence electrons. The normalized spacial score (nSPS) is 14.0. The summed E-state index contributed by atoms with van der Waals surface area (Å²) in [4.78, 5) is 54.6. The second-order valence-corrected chi connectivity index (χ2v) is 11.1. The molecule has 13 heteroatoms. The molecule has 0 bridgehead atoms. The zero-order valence-electron chi connectivity index (χ0n) is 20.2. The van der Waals surface area contributed by atoms with Crippen LogP contribution in [0, 0.1) is 6.92 Å². The number of benzene rings is 1. The highest BCUT2D eigenvalue weighted by Gasteiger charge is 2.29. The van der Waals surface area contributed by atoms with Gasteiger partial charge in [0.05, 0.1) is 31.4 Å². The smallest absolute Gasteiger partial charge is 0.348 e. The van der Waals surface area contributed by atoms with Gasteiger partial charge in [0.2, 0.25) is 5.91 Å². The fourth-order valence-corrected chi connectivity index (χ4v) is 6.92. The van der Waals surface area contributed by atoms with E-state index in [9.17, 15) is 19.2 Å². The molecule has 0 aliphatic carbocycles. The average Bonchev–Trinajstić information content (AvgIpc) is 3.38. The van der Waals surface area contributed by atoms with Crippen molar-refractivity contribution in [2.45, 2.75) is 6.92 Å². The van der Waals surface area contributed by atoms with Gasteiger partial charge in [0, 0.05) is 41.3 Å². The minimum Gasteiger partial charge on any atom is -0.465 e. The van der Waals surface area contributed by atoms with E-state index < -0.39 is 11.9 Å². The molecule has 1 saturated heterocycles. The van der Waals surface area contributed by atoms with Gasteiger partial charge in [-0.15, -0.1) is 22.7 Å². The number of fused-ring (bicyclic) bond motifs is 1. The van der Waals surface area contributed by atoms with Gasteiger partial charge in [0.25, 0.3) is 5.91 Å². The number of nitrogens with zero attached hydrogens (tertiary/aromatic N) is 2. The Hall–Kier alpha value is -2.70. The topological polar surface area (TPSA) is 105 Å². The maximum atomic E-state index is 13.1. The van der Waals surface area contributed by atoms with Crippen LogP contribution in [-0.4, -0.2) is 80.5 Å². The van der Waals surface area contributed by atoms with E-state index in [1.54, 1.807) is 30.0 Å². The van der Waals surface area contributed by atoms with E-state index in [0.29, 0.717) is 46.7 Å². The SMILES string of the molecule is COC(=O)c1sc(NC(=O)CN2CCN(C(=O)c3sc4cc(Cl)ccc4c3Cl)CC2)c(C(=O)OC)c1C. The van der Waals surface area contributed by atoms with Crippen molar-refractivity contribution in [3.8, 4) is 0 Å². The van der Waals surface area contributed by atoms with Crippen LogP contribution >= 0.6 is 45.9 Å². The number of hydrogen-bond donors (Lipinski definition) is 1. The Morgan fingerprint density at radius 2 is 1.65 bits per heavy atom. The summed E-state index contributed by atoms with van der Waals surface area (Å²) in [5.41, 5.74) is 0.506. The number of methoxy groups -OCH3 is 2. The van der Waals surface area contributed by atoms with E-state index >= 15 is 0 Å². The third kappa shape index (κ3) is 5.60. The maximum Gasteiger partial charge on any atom is 0.348 e. The van der Waals surface area contributed by atoms with Crippen LogP contribution in [0.5, 0.6) is 0 Å². The molecule has 3 aromatic rings. The predicted molar refractivity (Wildman–Crippen MR) is 145 cm³/mol. The van der Waals surface area contributed by atoms with Crippen molar-refractivity contribution in [2.24, 2.45) is 0 Å². The van der Waals surface area contributed by atoms with Gasteiger partial charge in [-0.05, 0) is 24.6 Å². The monoisotopic (exact) mass is 583 g/mol. The highest BCUT2D eigenvalue weighted by molar-refractivity contribution is 7.21. The summed E-state index contributed by atoms with van der Waals surface area (Å²) >= 11 is 14.8. The summed E-state index contributed by atoms with van der Waals surface area (Å²) in [5, 5.41) is 4.74. The average molecular weight is 585 g/mol. The molecule has 0 radical (unpaired) electrons. The summed E-state index contributed by atoms with van der Waals surface area (Å²) < 4.78 is 10.4. The first kappa shape index (κ1) is 27.3. The molecular formula is C24H23Cl2N3O6S2. The van der Waals surface area contributed by atoms with E-state index in [-0.39, 0.29) is 33.8 Å². The number of nitrogens with one attached hydrogen (secondary N) is 1. The summed E-state index contributed by atoms with van der Waals surface area (Å²) in [6.07, 6.45) is 0. The Labute approximate surface area is 230 Å². The van der Waals surface area contributed by atoms with Crippen molar-refractivity contribution in [3.05, 3.63) is 49.1 Å². The first-order valence-corrected chi connectivity index (χ1v) is 13.5. The quantitative estimate of drug-likeness (QED) is 0.424. The molecule has 0 spiro atoms. The van der Waals surface area contributed by atoms with Crippen molar-refractivity contribution in [1.29, 1.82) is 0 Å². The van der Waals surface area contributed by atoms with E-state index in [4.69, 9.17) is 32.7 Å². The van der Waals surface area contributed by atoms with Crippen LogP contribution in [-0.2, 0) is 14.3 Å². The number of ether oxygens (including phenoxy) is 2. The van der Waals surface area contributed by atoms with Crippen molar-refractivity contribution in [2.75, 3.05) is 52.3 Å². The third-order valence-corrected chi connectivity index (χ3v) is 9.04. The minimum atomic E-state index is -0.659. The van der Waals surface area contributed by atoms with Crippen LogP contribution in [0.1, 0.15) is 35.3 Å². The van der Waals surface area contributed by atoms with E-state index in [1.165, 1.54) is 25.6 Å². The number of amides is 2. The van der Waals surface area contributed by atoms with Crippen LogP contribution < -0.4 is 5.32 Å². The molecule has 1 fully saturated rings. The molecule has 37 heavy (non-hydrogen) atoms. The Morgan fingerprint density at radius 3 is 2.30 bits per heavy atom. The highest BCUT2D eigenvalue weighted by atomic mass is 35.5. The molecular weight excluding hydrogens is 561 g/mol. The number of piperazine rings is 1. The summed E-state index contributed by atoms with van der Waals surface area (Å²) in [6, 6.07) is 5.33. The maximum absolute atomic E-state index is 13.1. The van der Waals surface area contributed by atoms with Crippen molar-refractivity contribution >= 4 is 84.7 Å². The van der Waals surface area contributed by atoms with Gasteiger partial charge in [0.1, 0.15) is 14.8 Å². The first-order chi connectivity index (χ1) is 17.6. The van der Waals surface area contributed by atoms with Crippen molar-refractivity contribution in [1.82, 2.24) is 9.80 Å². The van der Waals surface area contributed by atoms with Crippen LogP contribution in [0.2, 0.25) is 10.0 Å². The van der Waals surface area contributed by atoms with Gasteiger partial charge in [0.15, 0.2) is 0 Å². The van der Waals surface area contributed by atoms with Crippen LogP contribution in [0.15, 0.2) is 18.2 Å². The number of thiophene rings is 2. The molecule has 1 N–H and O–H groups in total. The number of anilines is 1. The predicted octanol–water partition coefficient (Wildman–Crippen LogP) is 4.55. The van der Waals surface area contributed by atoms with Gasteiger partial charge >= 0.3 is 11.9 Å². The minimum absolute atomic E-state index is 0.0509. The molecule has 0 atom stereocenters. The molecule has 1 aliphatic rings. The number of rotatable bonds is 6. The Morgan fingerprint density at radius 1 is 0.973 bits per heavy atom. The first-order valence-electron chi connectivity index (χ1n) is 11.1. The third-order valence-electron chi connectivity index (χ3n) is 5.97. The summed E-state index contributed by atoms with van der Waals surface area (Å²) in [6.45, 7) is 3.46. The summed E-state index contributed by atoms with van der Waals surface area (Å²) in [5.74, 6) is -1.77. The van der Waals surface area contributed by atoms with Gasteiger partial charge < -0.3 is 19.7 Å². The Kier molecular flexibility index (Phi) is 8.39. The standard InChI is InChI=1S/C24H23Cl2N3O6S2/c1-12-17(23(32)34-2)21(37-19(12)24(33)35-3)27-16(30)11-28-6-8-29(9-7-28)22(31)20-18(26)14-5-4-13(25)10-15(14)36-20/h4-5,10H,6-9,11H2,1-3H3,(H,27,30). The highest BCUT2D eigenvalue weighted by Crippen LogP contribution is 2.38. The number of esters is 2. The molecule has 0 saturated carbocycles. The molecule has 2 amide bonds. The van der Waals surface area contributed by atoms with Crippen molar-refractivity contribution in [3.63, 3.8) is 0 Å².